The van der Waals surface area contributed by atoms with E-state index in [9.17, 15) is 0 Å². The van der Waals surface area contributed by atoms with Crippen LogP contribution < -0.4 is 4.84 Å². The first-order valence-electron chi connectivity index (χ1n) is 4.30. The number of para-hydroxylation sites is 1. The van der Waals surface area contributed by atoms with E-state index >= 15 is 0 Å². The largest absolute Gasteiger partial charge is 0.298 e. The van der Waals surface area contributed by atoms with E-state index in [1.54, 1.807) is 0 Å². The Balaban J connectivity index is 3.13. The highest BCUT2D eigenvalue weighted by molar-refractivity contribution is 6.24. The molecule has 1 nitrogen and oxygen atoms in total. The molecule has 0 heterocycles. The predicted octanol–water partition coefficient (Wildman–Crippen LogP) is 3.38. The van der Waals surface area contributed by atoms with Crippen molar-refractivity contribution in [1.29, 1.82) is 0 Å². The van der Waals surface area contributed by atoms with Crippen LogP contribution in [-0.2, 0) is 12.8 Å². The van der Waals surface area contributed by atoms with Crippen LogP contribution in [0, 0.1) is 0 Å². The number of anilines is 1. The van der Waals surface area contributed by atoms with Crippen molar-refractivity contribution in [3.05, 3.63) is 29.3 Å². The third-order valence-electron chi connectivity index (χ3n) is 2.09. The van der Waals surface area contributed by atoms with Gasteiger partial charge in [-0.1, -0.05) is 32.0 Å². The second-order valence-electron chi connectivity index (χ2n) is 2.75. The number of hydrogen-bond acceptors (Lipinski definition) is 1. The van der Waals surface area contributed by atoms with E-state index in [-0.39, 0.29) is 0 Å². The molecular weight excluding hydrogens is 170 g/mol. The van der Waals surface area contributed by atoms with Gasteiger partial charge in [0.05, 0.1) is 5.69 Å². The molecule has 0 saturated heterocycles. The summed E-state index contributed by atoms with van der Waals surface area (Å²) in [5, 5.41) is 0. The Morgan fingerprint density at radius 2 is 1.67 bits per heavy atom. The average Bonchev–Trinajstić information content (AvgIpc) is 2.16. The summed E-state index contributed by atoms with van der Waals surface area (Å²) in [6, 6.07) is 6.28. The van der Waals surface area contributed by atoms with Crippen molar-refractivity contribution >= 4 is 17.5 Å². The topological polar surface area (TPSA) is 12.0 Å². The van der Waals surface area contributed by atoms with Crippen molar-refractivity contribution in [3.8, 4) is 0 Å². The van der Waals surface area contributed by atoms with Gasteiger partial charge in [0.1, 0.15) is 0 Å². The highest BCUT2D eigenvalue weighted by Crippen LogP contribution is 2.22. The molecule has 2 heteroatoms. The molecule has 0 fully saturated rings. The summed E-state index contributed by atoms with van der Waals surface area (Å²) < 4.78 is 0. The van der Waals surface area contributed by atoms with E-state index in [1.807, 2.05) is 0 Å². The zero-order valence-electron chi connectivity index (χ0n) is 7.52. The number of benzene rings is 1. The lowest BCUT2D eigenvalue weighted by atomic mass is 10.0. The fourth-order valence-corrected chi connectivity index (χ4v) is 1.61. The number of rotatable bonds is 3. The Morgan fingerprint density at radius 1 is 1.17 bits per heavy atom. The molecule has 12 heavy (non-hydrogen) atoms. The van der Waals surface area contributed by atoms with Crippen LogP contribution in [0.2, 0.25) is 0 Å². The summed E-state index contributed by atoms with van der Waals surface area (Å²) in [6.45, 7) is 4.26. The number of aryl methyl sites for hydroxylation is 2. The lowest BCUT2D eigenvalue weighted by Crippen LogP contribution is -1.94. The standard InChI is InChI=1S/C10H14ClN/c1-3-8-6-5-7-9(4-2)10(8)12-11/h5-7,12H,3-4H2,1-2H3. The van der Waals surface area contributed by atoms with Gasteiger partial charge in [-0.25, -0.2) is 0 Å². The first-order valence-corrected chi connectivity index (χ1v) is 4.68. The van der Waals surface area contributed by atoms with Crippen LogP contribution >= 0.6 is 11.8 Å². The molecule has 0 spiro atoms. The van der Waals surface area contributed by atoms with Crippen molar-refractivity contribution in [1.82, 2.24) is 0 Å². The molecule has 0 aliphatic rings. The van der Waals surface area contributed by atoms with Gasteiger partial charge in [-0.2, -0.15) is 0 Å². The van der Waals surface area contributed by atoms with Crippen LogP contribution in [-0.4, -0.2) is 0 Å². The number of hydrogen-bond donors (Lipinski definition) is 1. The molecule has 0 atom stereocenters. The first kappa shape index (κ1) is 9.40. The molecule has 66 valence electrons. The molecule has 1 aromatic rings. The van der Waals surface area contributed by atoms with E-state index in [0.29, 0.717) is 0 Å². The van der Waals surface area contributed by atoms with Gasteiger partial charge < -0.3 is 0 Å². The second-order valence-corrected chi connectivity index (χ2v) is 2.94. The van der Waals surface area contributed by atoms with Gasteiger partial charge in [0, 0.05) is 11.8 Å². The van der Waals surface area contributed by atoms with Crippen LogP contribution in [0.15, 0.2) is 18.2 Å². The van der Waals surface area contributed by atoms with E-state index in [2.05, 4.69) is 36.9 Å². The molecular formula is C10H14ClN. The van der Waals surface area contributed by atoms with Crippen LogP contribution in [0.1, 0.15) is 25.0 Å². The summed E-state index contributed by atoms with van der Waals surface area (Å²) in [5.41, 5.74) is 3.65. The summed E-state index contributed by atoms with van der Waals surface area (Å²) in [5.74, 6) is 0. The van der Waals surface area contributed by atoms with Crippen molar-refractivity contribution in [2.75, 3.05) is 4.84 Å². The zero-order valence-corrected chi connectivity index (χ0v) is 8.28. The number of nitrogens with one attached hydrogen (secondary N) is 1. The predicted molar refractivity (Wildman–Crippen MR) is 54.7 cm³/mol. The third kappa shape index (κ3) is 1.72. The van der Waals surface area contributed by atoms with E-state index in [0.717, 1.165) is 18.5 Å². The fourth-order valence-electron chi connectivity index (χ4n) is 1.36. The Bertz CT molecular complexity index is 236. The molecule has 1 N–H and O–H groups in total. The molecule has 1 rings (SSSR count). The molecule has 1 aromatic carbocycles. The molecule has 0 aromatic heterocycles. The van der Waals surface area contributed by atoms with Crippen LogP contribution in [0.4, 0.5) is 5.69 Å². The van der Waals surface area contributed by atoms with Crippen LogP contribution in [0.5, 0.6) is 0 Å². The van der Waals surface area contributed by atoms with E-state index in [4.69, 9.17) is 11.8 Å². The van der Waals surface area contributed by atoms with Crippen molar-refractivity contribution in [3.63, 3.8) is 0 Å². The molecule has 0 bridgehead atoms. The molecule has 0 aliphatic heterocycles. The first-order chi connectivity index (χ1) is 5.83. The highest BCUT2D eigenvalue weighted by Gasteiger charge is 2.03. The Kier molecular flexibility index (Phi) is 3.42. The maximum absolute atomic E-state index is 5.64. The smallest absolute Gasteiger partial charge is 0.0555 e. The lowest BCUT2D eigenvalue weighted by Gasteiger charge is -2.09. The Labute approximate surface area is 78.9 Å². The van der Waals surface area contributed by atoms with E-state index < -0.39 is 0 Å². The van der Waals surface area contributed by atoms with Gasteiger partial charge in [0.15, 0.2) is 0 Å². The maximum Gasteiger partial charge on any atom is 0.0555 e. The summed E-state index contributed by atoms with van der Waals surface area (Å²) in [6.07, 6.45) is 2.03. The van der Waals surface area contributed by atoms with Gasteiger partial charge in [-0.15, -0.1) is 0 Å². The Morgan fingerprint density at radius 3 is 2.00 bits per heavy atom. The monoisotopic (exact) mass is 183 g/mol. The van der Waals surface area contributed by atoms with Gasteiger partial charge in [0.25, 0.3) is 0 Å². The minimum absolute atomic E-state index is 1.02. The zero-order chi connectivity index (χ0) is 8.97. The second kappa shape index (κ2) is 4.36. The minimum Gasteiger partial charge on any atom is -0.298 e. The lowest BCUT2D eigenvalue weighted by molar-refractivity contribution is 1.09. The molecule has 0 radical (unpaired) electrons. The van der Waals surface area contributed by atoms with Gasteiger partial charge in [-0.05, 0) is 24.0 Å². The molecule has 0 aliphatic carbocycles. The van der Waals surface area contributed by atoms with Crippen LogP contribution in [0.25, 0.3) is 0 Å². The quantitative estimate of drug-likeness (QED) is 0.709. The SMILES string of the molecule is CCc1cccc(CC)c1NCl. The fraction of sp³-hybridized carbons (Fsp3) is 0.400. The molecule has 0 amide bonds. The summed E-state index contributed by atoms with van der Waals surface area (Å²) in [7, 11) is 0. The molecule has 0 unspecified atom stereocenters. The van der Waals surface area contributed by atoms with Gasteiger partial charge in [0.2, 0.25) is 0 Å². The van der Waals surface area contributed by atoms with Gasteiger partial charge >= 0.3 is 0 Å². The van der Waals surface area contributed by atoms with Crippen molar-refractivity contribution in [2.45, 2.75) is 26.7 Å². The number of halogens is 1. The average molecular weight is 184 g/mol. The summed E-state index contributed by atoms with van der Waals surface area (Å²) in [4.78, 5) is 2.74. The highest BCUT2D eigenvalue weighted by atomic mass is 35.5. The maximum atomic E-state index is 5.64. The van der Waals surface area contributed by atoms with Crippen molar-refractivity contribution < 1.29 is 0 Å². The minimum atomic E-state index is 1.02. The van der Waals surface area contributed by atoms with E-state index in [1.165, 1.54) is 11.1 Å². The molecule has 0 saturated carbocycles. The van der Waals surface area contributed by atoms with Gasteiger partial charge in [-0.3, -0.25) is 4.84 Å². The summed E-state index contributed by atoms with van der Waals surface area (Å²) >= 11 is 5.64. The Hall–Kier alpha value is -0.690. The third-order valence-corrected chi connectivity index (χ3v) is 2.28. The van der Waals surface area contributed by atoms with Crippen molar-refractivity contribution in [2.24, 2.45) is 0 Å². The normalized spacial score (nSPS) is 9.92. The van der Waals surface area contributed by atoms with Crippen LogP contribution in [0.3, 0.4) is 0 Å².